The van der Waals surface area contributed by atoms with E-state index >= 15 is 0 Å². The predicted molar refractivity (Wildman–Crippen MR) is 267 cm³/mol. The van der Waals surface area contributed by atoms with Gasteiger partial charge in [-0.1, -0.05) is 188 Å². The molecule has 1 nitrogen and oxygen atoms in total. The van der Waals surface area contributed by atoms with Crippen molar-refractivity contribution in [3.05, 3.63) is 269 Å². The van der Waals surface area contributed by atoms with E-state index in [1.54, 1.807) is 0 Å². The van der Waals surface area contributed by atoms with Crippen molar-refractivity contribution in [1.82, 2.24) is 0 Å². The Morgan fingerprint density at radius 2 is 0.625 bits per heavy atom. The molecule has 4 aliphatic carbocycles. The molecule has 2 spiro atoms. The Kier molecular flexibility index (Phi) is 6.76. The molecule has 0 saturated carbocycles. The fourth-order valence-electron chi connectivity index (χ4n) is 12.8. The van der Waals surface area contributed by atoms with Crippen LogP contribution in [-0.2, 0) is 10.8 Å². The molecular formula is C62H37NS. The van der Waals surface area contributed by atoms with E-state index < -0.39 is 10.8 Å². The van der Waals surface area contributed by atoms with Gasteiger partial charge in [0.2, 0.25) is 0 Å². The van der Waals surface area contributed by atoms with Crippen LogP contribution in [0.1, 0.15) is 44.5 Å². The third kappa shape index (κ3) is 4.11. The molecule has 0 bridgehead atoms. The first kappa shape index (κ1) is 34.8. The summed E-state index contributed by atoms with van der Waals surface area (Å²) in [6.45, 7) is 0. The van der Waals surface area contributed by atoms with E-state index in [0.717, 1.165) is 11.4 Å². The molecule has 0 saturated heterocycles. The first-order chi connectivity index (χ1) is 31.8. The molecule has 2 heteroatoms. The van der Waals surface area contributed by atoms with Crippen LogP contribution in [0, 0.1) is 0 Å². The highest BCUT2D eigenvalue weighted by molar-refractivity contribution is 7.26. The van der Waals surface area contributed by atoms with Crippen LogP contribution >= 0.6 is 11.3 Å². The number of rotatable bonds is 3. The number of hydrogen-bond acceptors (Lipinski definition) is 2. The van der Waals surface area contributed by atoms with Crippen LogP contribution in [-0.4, -0.2) is 0 Å². The summed E-state index contributed by atoms with van der Waals surface area (Å²) in [4.78, 5) is 2.57. The lowest BCUT2D eigenvalue weighted by atomic mass is 9.70. The van der Waals surface area contributed by atoms with Gasteiger partial charge < -0.3 is 4.90 Å². The second-order valence-electron chi connectivity index (χ2n) is 17.8. The van der Waals surface area contributed by atoms with Crippen molar-refractivity contribution in [2.24, 2.45) is 0 Å². The summed E-state index contributed by atoms with van der Waals surface area (Å²) >= 11 is 1.90. The topological polar surface area (TPSA) is 3.24 Å². The van der Waals surface area contributed by atoms with Crippen LogP contribution in [0.25, 0.3) is 64.7 Å². The number of nitrogens with zero attached hydrogens (tertiary/aromatic N) is 1. The lowest BCUT2D eigenvalue weighted by molar-refractivity contribution is 0.792. The average Bonchev–Trinajstić information content (AvgIpc) is 4.13. The Hall–Kier alpha value is -7.78. The Bertz CT molecular complexity index is 3510. The first-order valence-corrected chi connectivity index (χ1v) is 23.2. The highest BCUT2D eigenvalue weighted by Gasteiger charge is 2.53. The van der Waals surface area contributed by atoms with Gasteiger partial charge in [-0.2, -0.15) is 0 Å². The van der Waals surface area contributed by atoms with Crippen molar-refractivity contribution in [2.45, 2.75) is 10.8 Å². The number of hydrogen-bond donors (Lipinski definition) is 0. The van der Waals surface area contributed by atoms with Gasteiger partial charge in [-0.15, -0.1) is 11.3 Å². The van der Waals surface area contributed by atoms with Crippen LogP contribution in [0.5, 0.6) is 0 Å². The van der Waals surface area contributed by atoms with Crippen LogP contribution in [0.15, 0.2) is 224 Å². The van der Waals surface area contributed by atoms with Gasteiger partial charge >= 0.3 is 0 Å². The maximum atomic E-state index is 2.57. The van der Waals surface area contributed by atoms with Gasteiger partial charge in [0, 0.05) is 26.8 Å². The molecule has 0 amide bonds. The van der Waals surface area contributed by atoms with Gasteiger partial charge in [0.1, 0.15) is 0 Å². The molecule has 0 aliphatic heterocycles. The van der Waals surface area contributed by atoms with Gasteiger partial charge in [0.15, 0.2) is 0 Å². The summed E-state index contributed by atoms with van der Waals surface area (Å²) in [5, 5.41) is 2.59. The minimum atomic E-state index is -0.453. The molecule has 0 radical (unpaired) electrons. The fraction of sp³-hybridized carbons (Fsp3) is 0.0323. The lowest BCUT2D eigenvalue weighted by Gasteiger charge is -2.33. The molecule has 10 aromatic carbocycles. The third-order valence-electron chi connectivity index (χ3n) is 15.1. The highest BCUT2D eigenvalue weighted by atomic mass is 32.1. The third-order valence-corrected chi connectivity index (χ3v) is 16.3. The molecule has 15 rings (SSSR count). The van der Waals surface area contributed by atoms with Crippen molar-refractivity contribution in [1.29, 1.82) is 0 Å². The number of anilines is 3. The SMILES string of the molecule is c1ccc2c(c1)-c1ccccc1C21c2ccccc2-c2ccc(N(c3ccc4c(c3)C3(c5ccccc5-c5ccccc53)c3ccccc3-4)c3cccc4c3sc3ccccc34)cc21. The van der Waals surface area contributed by atoms with E-state index in [2.05, 4.69) is 229 Å². The van der Waals surface area contributed by atoms with Crippen molar-refractivity contribution >= 4 is 48.6 Å². The zero-order valence-electron chi connectivity index (χ0n) is 34.7. The molecule has 0 unspecified atom stereocenters. The highest BCUT2D eigenvalue weighted by Crippen LogP contribution is 2.65. The normalized spacial score (nSPS) is 14.5. The second kappa shape index (κ2) is 12.4. The minimum Gasteiger partial charge on any atom is -0.309 e. The van der Waals surface area contributed by atoms with E-state index in [1.807, 2.05) is 11.3 Å². The van der Waals surface area contributed by atoms with Gasteiger partial charge in [-0.3, -0.25) is 0 Å². The molecule has 64 heavy (non-hydrogen) atoms. The quantitative estimate of drug-likeness (QED) is 0.171. The van der Waals surface area contributed by atoms with Crippen LogP contribution < -0.4 is 4.90 Å². The van der Waals surface area contributed by atoms with E-state index in [-0.39, 0.29) is 0 Å². The summed E-state index contributed by atoms with van der Waals surface area (Å²) in [7, 11) is 0. The molecule has 11 aromatic rings. The molecule has 0 atom stereocenters. The van der Waals surface area contributed by atoms with Crippen LogP contribution in [0.2, 0.25) is 0 Å². The number of benzene rings is 10. The fourth-order valence-corrected chi connectivity index (χ4v) is 14.0. The van der Waals surface area contributed by atoms with Gasteiger partial charge in [-0.25, -0.2) is 0 Å². The van der Waals surface area contributed by atoms with Gasteiger partial charge in [0.05, 0.1) is 21.2 Å². The van der Waals surface area contributed by atoms with Crippen molar-refractivity contribution in [2.75, 3.05) is 4.90 Å². The molecule has 4 aliphatic rings. The van der Waals surface area contributed by atoms with E-state index in [9.17, 15) is 0 Å². The Morgan fingerprint density at radius 3 is 1.05 bits per heavy atom. The molecular weight excluding hydrogens is 791 g/mol. The zero-order chi connectivity index (χ0) is 41.7. The maximum absolute atomic E-state index is 2.57. The van der Waals surface area contributed by atoms with E-state index in [1.165, 1.54) is 115 Å². The summed E-state index contributed by atoms with van der Waals surface area (Å²) in [6.07, 6.45) is 0. The number of fused-ring (bicyclic) bond motifs is 23. The van der Waals surface area contributed by atoms with E-state index in [4.69, 9.17) is 0 Å². The van der Waals surface area contributed by atoms with E-state index in [0.29, 0.717) is 0 Å². The average molecular weight is 828 g/mol. The second-order valence-corrected chi connectivity index (χ2v) is 18.9. The Labute approximate surface area is 375 Å². The maximum Gasteiger partial charge on any atom is 0.0726 e. The smallest absolute Gasteiger partial charge is 0.0726 e. The van der Waals surface area contributed by atoms with Gasteiger partial charge in [-0.05, 0) is 125 Å². The molecule has 1 aromatic heterocycles. The van der Waals surface area contributed by atoms with Gasteiger partial charge in [0.25, 0.3) is 0 Å². The van der Waals surface area contributed by atoms with Crippen LogP contribution in [0.4, 0.5) is 17.1 Å². The standard InChI is InChI=1S/C62H37NS/c1-8-24-50-40(16-1)41-17-2-9-25-51(41)61(50)54-28-12-5-20-44(54)46-34-32-38(36-56(46)61)63(58-30-15-23-49-48-22-7-14-31-59(48)64-60(49)58)39-33-35-47-45-21-6-13-29-55(45)62(57(47)37-39)52-26-10-3-18-42(52)43-19-4-11-27-53(43)62/h1-37H. The van der Waals surface area contributed by atoms with Crippen molar-refractivity contribution in [3.63, 3.8) is 0 Å². The molecule has 1 heterocycles. The first-order valence-electron chi connectivity index (χ1n) is 22.3. The summed E-state index contributed by atoms with van der Waals surface area (Å²) in [5.74, 6) is 0. The Morgan fingerprint density at radius 1 is 0.281 bits per heavy atom. The van der Waals surface area contributed by atoms with Crippen LogP contribution in [0.3, 0.4) is 0 Å². The number of thiophene rings is 1. The molecule has 0 N–H and O–H groups in total. The van der Waals surface area contributed by atoms with Crippen molar-refractivity contribution in [3.8, 4) is 44.5 Å². The molecule has 296 valence electrons. The summed E-state index contributed by atoms with van der Waals surface area (Å²) in [6, 6.07) is 85.2. The summed E-state index contributed by atoms with van der Waals surface area (Å²) in [5.41, 5.74) is 23.9. The lowest BCUT2D eigenvalue weighted by Crippen LogP contribution is -2.26. The zero-order valence-corrected chi connectivity index (χ0v) is 35.5. The Balaban J connectivity index is 1.04. The van der Waals surface area contributed by atoms with Crippen molar-refractivity contribution < 1.29 is 0 Å². The minimum absolute atomic E-state index is 0.453. The molecule has 0 fully saturated rings. The predicted octanol–water partition coefficient (Wildman–Crippen LogP) is 16.2. The monoisotopic (exact) mass is 827 g/mol. The summed E-state index contributed by atoms with van der Waals surface area (Å²) < 4.78 is 2.59. The largest absolute Gasteiger partial charge is 0.309 e.